The summed E-state index contributed by atoms with van der Waals surface area (Å²) >= 11 is 6.22. The molecule has 0 bridgehead atoms. The summed E-state index contributed by atoms with van der Waals surface area (Å²) in [5.41, 5.74) is 5.66. The molecule has 1 aliphatic carbocycles. The number of carbonyl (C=O) groups is 2. The Kier molecular flexibility index (Phi) is 5.88. The first kappa shape index (κ1) is 21.3. The second-order valence-corrected chi connectivity index (χ2v) is 8.80. The van der Waals surface area contributed by atoms with Crippen LogP contribution in [0.15, 0.2) is 72.9 Å². The molecule has 0 radical (unpaired) electrons. The van der Waals surface area contributed by atoms with E-state index in [9.17, 15) is 9.59 Å². The molecule has 0 saturated carbocycles. The maximum atomic E-state index is 13.4. The number of amides is 2. The van der Waals surface area contributed by atoms with Crippen LogP contribution in [0.4, 0.5) is 5.69 Å². The number of rotatable bonds is 6. The van der Waals surface area contributed by atoms with E-state index in [1.54, 1.807) is 24.3 Å². The molecule has 6 heteroatoms. The molecule has 0 spiro atoms. The van der Waals surface area contributed by atoms with Gasteiger partial charge in [0.25, 0.3) is 5.91 Å². The Labute approximate surface area is 197 Å². The molecule has 0 fully saturated rings. The topological polar surface area (TPSA) is 74.0 Å². The number of aromatic amines is 1. The van der Waals surface area contributed by atoms with Gasteiger partial charge < -0.3 is 15.6 Å². The van der Waals surface area contributed by atoms with E-state index in [1.165, 1.54) is 11.1 Å². The van der Waals surface area contributed by atoms with Crippen molar-refractivity contribution in [2.45, 2.75) is 31.7 Å². The zero-order chi connectivity index (χ0) is 22.8. The highest BCUT2D eigenvalue weighted by Crippen LogP contribution is 2.25. The van der Waals surface area contributed by atoms with Crippen LogP contribution in [0.25, 0.3) is 10.9 Å². The second kappa shape index (κ2) is 9.12. The molecule has 5 nitrogen and oxygen atoms in total. The van der Waals surface area contributed by atoms with Crippen LogP contribution in [0.5, 0.6) is 0 Å². The lowest BCUT2D eigenvalue weighted by Gasteiger charge is -2.19. The molecule has 3 N–H and O–H groups in total. The van der Waals surface area contributed by atoms with Crippen molar-refractivity contribution in [2.24, 2.45) is 0 Å². The lowest BCUT2D eigenvalue weighted by atomic mass is 10.0. The quantitative estimate of drug-likeness (QED) is 0.368. The van der Waals surface area contributed by atoms with Crippen LogP contribution in [0, 0.1) is 0 Å². The summed E-state index contributed by atoms with van der Waals surface area (Å²) in [6, 6.07) is 20.0. The average Bonchev–Trinajstić information content (AvgIpc) is 3.45. The third-order valence-corrected chi connectivity index (χ3v) is 6.53. The Morgan fingerprint density at radius 2 is 1.76 bits per heavy atom. The molecule has 0 aliphatic heterocycles. The normalized spacial score (nSPS) is 13.5. The first-order chi connectivity index (χ1) is 16.1. The number of anilines is 1. The number of aryl methyl sites for hydroxylation is 2. The highest BCUT2D eigenvalue weighted by Gasteiger charge is 2.24. The van der Waals surface area contributed by atoms with Gasteiger partial charge in [-0.1, -0.05) is 48.0 Å². The van der Waals surface area contributed by atoms with Crippen LogP contribution in [-0.2, 0) is 24.1 Å². The lowest BCUT2D eigenvalue weighted by molar-refractivity contribution is -0.118. The van der Waals surface area contributed by atoms with E-state index < -0.39 is 6.04 Å². The second-order valence-electron chi connectivity index (χ2n) is 8.40. The lowest BCUT2D eigenvalue weighted by Crippen LogP contribution is -2.45. The Bertz CT molecular complexity index is 1340. The molecular weight excluding hydrogens is 434 g/mol. The van der Waals surface area contributed by atoms with Crippen LogP contribution in [-0.4, -0.2) is 22.8 Å². The minimum atomic E-state index is -0.777. The standard InChI is InChI=1S/C27H24ClN3O2/c28-23-10-3-1-9-22(23)26(32)31-25(15-19-16-29-24-11-4-2-8-21(19)24)27(33)30-20-13-12-17-6-5-7-18(17)14-20/h1-4,8-14,16,25,29H,5-7,15H2,(H,30,33)(H,31,32). The maximum Gasteiger partial charge on any atom is 0.253 e. The number of halogens is 1. The minimum absolute atomic E-state index is 0.265. The van der Waals surface area contributed by atoms with Gasteiger partial charge in [0.2, 0.25) is 5.91 Å². The van der Waals surface area contributed by atoms with Crippen LogP contribution >= 0.6 is 11.6 Å². The number of fused-ring (bicyclic) bond motifs is 2. The maximum absolute atomic E-state index is 13.4. The SMILES string of the molecule is O=C(NC(Cc1c[nH]c2ccccc12)C(=O)Nc1ccc2c(c1)CCC2)c1ccccc1Cl. The van der Waals surface area contributed by atoms with Gasteiger partial charge in [0.15, 0.2) is 0 Å². The highest BCUT2D eigenvalue weighted by molar-refractivity contribution is 6.33. The third kappa shape index (κ3) is 4.50. The van der Waals surface area contributed by atoms with Gasteiger partial charge in [0, 0.05) is 29.2 Å². The Balaban J connectivity index is 1.41. The van der Waals surface area contributed by atoms with Crippen LogP contribution in [0.2, 0.25) is 5.02 Å². The van der Waals surface area contributed by atoms with Crippen molar-refractivity contribution in [1.29, 1.82) is 0 Å². The van der Waals surface area contributed by atoms with E-state index in [2.05, 4.69) is 21.7 Å². The van der Waals surface area contributed by atoms with Crippen molar-refractivity contribution in [2.75, 3.05) is 5.32 Å². The van der Waals surface area contributed by atoms with Crippen molar-refractivity contribution in [3.8, 4) is 0 Å². The van der Waals surface area contributed by atoms with E-state index in [0.29, 0.717) is 17.0 Å². The summed E-state index contributed by atoms with van der Waals surface area (Å²) < 4.78 is 0. The zero-order valence-electron chi connectivity index (χ0n) is 18.0. The number of hydrogen-bond acceptors (Lipinski definition) is 2. The van der Waals surface area contributed by atoms with Gasteiger partial charge in [-0.3, -0.25) is 9.59 Å². The van der Waals surface area contributed by atoms with Gasteiger partial charge >= 0.3 is 0 Å². The summed E-state index contributed by atoms with van der Waals surface area (Å²) in [5.74, 6) is -0.645. The number of para-hydroxylation sites is 1. The molecule has 1 aliphatic rings. The van der Waals surface area contributed by atoms with Crippen molar-refractivity contribution in [1.82, 2.24) is 10.3 Å². The van der Waals surface area contributed by atoms with Gasteiger partial charge in [0.05, 0.1) is 10.6 Å². The first-order valence-electron chi connectivity index (χ1n) is 11.1. The predicted molar refractivity (Wildman–Crippen MR) is 132 cm³/mol. The van der Waals surface area contributed by atoms with Gasteiger partial charge in [-0.2, -0.15) is 0 Å². The molecular formula is C27H24ClN3O2. The molecule has 5 rings (SSSR count). The van der Waals surface area contributed by atoms with Crippen molar-refractivity contribution < 1.29 is 9.59 Å². The van der Waals surface area contributed by atoms with Gasteiger partial charge in [-0.15, -0.1) is 0 Å². The molecule has 1 unspecified atom stereocenters. The summed E-state index contributed by atoms with van der Waals surface area (Å²) in [7, 11) is 0. The minimum Gasteiger partial charge on any atom is -0.361 e. The summed E-state index contributed by atoms with van der Waals surface area (Å²) in [5, 5.41) is 7.28. The van der Waals surface area contributed by atoms with Crippen LogP contribution in [0.1, 0.15) is 33.5 Å². The van der Waals surface area contributed by atoms with Crippen molar-refractivity contribution >= 4 is 40.0 Å². The van der Waals surface area contributed by atoms with Crippen LogP contribution < -0.4 is 10.6 Å². The summed E-state index contributed by atoms with van der Waals surface area (Å²) in [6.45, 7) is 0. The monoisotopic (exact) mass is 457 g/mol. The fraction of sp³-hybridized carbons (Fsp3) is 0.185. The number of carbonyl (C=O) groups excluding carboxylic acids is 2. The van der Waals surface area contributed by atoms with E-state index in [4.69, 9.17) is 11.6 Å². The highest BCUT2D eigenvalue weighted by atomic mass is 35.5. The van der Waals surface area contributed by atoms with E-state index in [-0.39, 0.29) is 11.8 Å². The molecule has 166 valence electrons. The Hall–Kier alpha value is -3.57. The van der Waals surface area contributed by atoms with Crippen molar-refractivity contribution in [3.63, 3.8) is 0 Å². The molecule has 4 aromatic rings. The molecule has 1 atom stereocenters. The van der Waals surface area contributed by atoms with Crippen LogP contribution in [0.3, 0.4) is 0 Å². The fourth-order valence-corrected chi connectivity index (χ4v) is 4.71. The first-order valence-corrected chi connectivity index (χ1v) is 11.5. The predicted octanol–water partition coefficient (Wildman–Crippen LogP) is 5.29. The fourth-order valence-electron chi connectivity index (χ4n) is 4.49. The number of benzene rings is 3. The molecule has 0 saturated heterocycles. The molecule has 33 heavy (non-hydrogen) atoms. The van der Waals surface area contributed by atoms with Gasteiger partial charge in [-0.05, 0) is 66.3 Å². The molecule has 2 amide bonds. The number of aromatic nitrogens is 1. The smallest absolute Gasteiger partial charge is 0.253 e. The van der Waals surface area contributed by atoms with Gasteiger partial charge in [0.1, 0.15) is 6.04 Å². The van der Waals surface area contributed by atoms with E-state index in [0.717, 1.165) is 41.4 Å². The molecule has 1 heterocycles. The number of nitrogens with one attached hydrogen (secondary N) is 3. The third-order valence-electron chi connectivity index (χ3n) is 6.21. The number of hydrogen-bond donors (Lipinski definition) is 3. The van der Waals surface area contributed by atoms with E-state index in [1.807, 2.05) is 42.6 Å². The largest absolute Gasteiger partial charge is 0.361 e. The van der Waals surface area contributed by atoms with Gasteiger partial charge in [-0.25, -0.2) is 0 Å². The average molecular weight is 458 g/mol. The molecule has 1 aromatic heterocycles. The van der Waals surface area contributed by atoms with Crippen molar-refractivity contribution in [3.05, 3.63) is 100 Å². The number of H-pyrrole nitrogens is 1. The zero-order valence-corrected chi connectivity index (χ0v) is 18.8. The Morgan fingerprint density at radius 1 is 0.970 bits per heavy atom. The molecule has 3 aromatic carbocycles. The Morgan fingerprint density at radius 3 is 2.64 bits per heavy atom. The van der Waals surface area contributed by atoms with E-state index >= 15 is 0 Å². The summed E-state index contributed by atoms with van der Waals surface area (Å²) in [6.07, 6.45) is 5.49. The summed E-state index contributed by atoms with van der Waals surface area (Å²) in [4.78, 5) is 29.6.